The van der Waals surface area contributed by atoms with Crippen LogP contribution in [-0.2, 0) is 4.79 Å². The van der Waals surface area contributed by atoms with Gasteiger partial charge in [0.25, 0.3) is 0 Å². The van der Waals surface area contributed by atoms with Crippen LogP contribution < -0.4 is 5.73 Å². The fraction of sp³-hybridized carbons (Fsp3) is 0.929. The molecular weight excluding hydrogens is 226 g/mol. The van der Waals surface area contributed by atoms with Crippen molar-refractivity contribution in [3.63, 3.8) is 0 Å². The molecule has 104 valence electrons. The van der Waals surface area contributed by atoms with Crippen molar-refractivity contribution in [2.24, 2.45) is 11.7 Å². The van der Waals surface area contributed by atoms with Gasteiger partial charge in [-0.2, -0.15) is 0 Å². The van der Waals surface area contributed by atoms with Gasteiger partial charge in [-0.15, -0.1) is 0 Å². The zero-order valence-corrected chi connectivity index (χ0v) is 11.9. The van der Waals surface area contributed by atoms with Crippen LogP contribution in [0.2, 0.25) is 0 Å². The number of rotatable bonds is 4. The number of hydrogen-bond donors (Lipinski definition) is 1. The molecule has 18 heavy (non-hydrogen) atoms. The number of piperidine rings is 1. The lowest BCUT2D eigenvalue weighted by atomic mass is 9.99. The molecule has 0 aromatic rings. The molecule has 0 aromatic heterocycles. The Bertz CT molecular complexity index is 301. The van der Waals surface area contributed by atoms with Crippen LogP contribution in [0.25, 0.3) is 0 Å². The summed E-state index contributed by atoms with van der Waals surface area (Å²) < 4.78 is 0. The first-order valence-electron chi connectivity index (χ1n) is 7.27. The minimum Gasteiger partial charge on any atom is -0.334 e. The fourth-order valence-electron chi connectivity index (χ4n) is 2.83. The number of nitrogens with zero attached hydrogens (tertiary/aromatic N) is 2. The lowest BCUT2D eigenvalue weighted by molar-refractivity contribution is -0.137. The fourth-order valence-corrected chi connectivity index (χ4v) is 2.83. The third kappa shape index (κ3) is 3.04. The smallest absolute Gasteiger partial charge is 0.240 e. The van der Waals surface area contributed by atoms with Crippen molar-refractivity contribution >= 4 is 5.91 Å². The quantitative estimate of drug-likeness (QED) is 0.815. The SMILES string of the molecule is CC(C)C(N)C(=O)N(C1CC1)[C@H]1CCCN(C)C1. The highest BCUT2D eigenvalue weighted by Crippen LogP contribution is 2.32. The molecule has 4 nitrogen and oxygen atoms in total. The molecule has 2 rings (SSSR count). The highest BCUT2D eigenvalue weighted by molar-refractivity contribution is 5.82. The normalized spacial score (nSPS) is 27.3. The second-order valence-corrected chi connectivity index (χ2v) is 6.30. The Morgan fingerprint density at radius 2 is 1.94 bits per heavy atom. The third-order valence-corrected chi connectivity index (χ3v) is 4.19. The standard InChI is InChI=1S/C14H27N3O/c1-10(2)13(15)14(18)17(11-6-7-11)12-5-4-8-16(3)9-12/h10-13H,4-9,15H2,1-3H3/t12-,13?/m0/s1. The Morgan fingerprint density at radius 3 is 2.44 bits per heavy atom. The van der Waals surface area contributed by atoms with Gasteiger partial charge in [0.05, 0.1) is 6.04 Å². The number of hydrogen-bond acceptors (Lipinski definition) is 3. The molecule has 1 unspecified atom stereocenters. The number of likely N-dealkylation sites (tertiary alicyclic amines) is 1. The van der Waals surface area contributed by atoms with Gasteiger partial charge < -0.3 is 15.5 Å². The molecular formula is C14H27N3O. The number of carbonyl (C=O) groups excluding carboxylic acids is 1. The molecule has 0 radical (unpaired) electrons. The molecule has 2 fully saturated rings. The Morgan fingerprint density at radius 1 is 1.28 bits per heavy atom. The van der Waals surface area contributed by atoms with Crippen molar-refractivity contribution in [2.45, 2.75) is 57.7 Å². The maximum atomic E-state index is 12.6. The lowest BCUT2D eigenvalue weighted by Crippen LogP contribution is -2.55. The van der Waals surface area contributed by atoms with Crippen LogP contribution in [0.1, 0.15) is 39.5 Å². The second-order valence-electron chi connectivity index (χ2n) is 6.30. The molecule has 2 N–H and O–H groups in total. The summed E-state index contributed by atoms with van der Waals surface area (Å²) >= 11 is 0. The summed E-state index contributed by atoms with van der Waals surface area (Å²) in [5, 5.41) is 0. The van der Waals surface area contributed by atoms with Crippen molar-refractivity contribution in [1.29, 1.82) is 0 Å². The van der Waals surface area contributed by atoms with E-state index in [0.717, 1.165) is 32.4 Å². The van der Waals surface area contributed by atoms with Gasteiger partial charge in [-0.3, -0.25) is 4.79 Å². The molecule has 1 saturated carbocycles. The molecule has 0 bridgehead atoms. The van der Waals surface area contributed by atoms with Crippen LogP contribution in [-0.4, -0.2) is 54.0 Å². The third-order valence-electron chi connectivity index (χ3n) is 4.19. The van der Waals surface area contributed by atoms with Crippen LogP contribution in [0.5, 0.6) is 0 Å². The number of amides is 1. The first-order valence-corrected chi connectivity index (χ1v) is 7.27. The van der Waals surface area contributed by atoms with Gasteiger partial charge in [0.15, 0.2) is 0 Å². The first kappa shape index (κ1) is 13.8. The summed E-state index contributed by atoms with van der Waals surface area (Å²) in [6.07, 6.45) is 4.65. The van der Waals surface area contributed by atoms with Crippen molar-refractivity contribution in [1.82, 2.24) is 9.80 Å². The van der Waals surface area contributed by atoms with Gasteiger partial charge in [0.1, 0.15) is 0 Å². The second kappa shape index (κ2) is 5.57. The molecule has 1 aliphatic heterocycles. The van der Waals surface area contributed by atoms with Gasteiger partial charge in [0.2, 0.25) is 5.91 Å². The monoisotopic (exact) mass is 253 g/mol. The van der Waals surface area contributed by atoms with E-state index < -0.39 is 0 Å². The Hall–Kier alpha value is -0.610. The van der Waals surface area contributed by atoms with Gasteiger partial charge in [-0.05, 0) is 45.2 Å². The summed E-state index contributed by atoms with van der Waals surface area (Å²) in [5.41, 5.74) is 6.06. The maximum Gasteiger partial charge on any atom is 0.240 e. The Labute approximate surface area is 110 Å². The van der Waals surface area contributed by atoms with Crippen LogP contribution in [0.3, 0.4) is 0 Å². The number of nitrogens with two attached hydrogens (primary N) is 1. The molecule has 2 atom stereocenters. The van der Waals surface area contributed by atoms with E-state index in [1.54, 1.807) is 0 Å². The largest absolute Gasteiger partial charge is 0.334 e. The molecule has 0 spiro atoms. The van der Waals surface area contributed by atoms with E-state index in [9.17, 15) is 4.79 Å². The molecule has 1 heterocycles. The predicted octanol–water partition coefficient (Wildman–Crippen LogP) is 1.05. The Balaban J connectivity index is 2.05. The molecule has 1 saturated heterocycles. The van der Waals surface area contributed by atoms with Crippen molar-refractivity contribution in [3.8, 4) is 0 Å². The maximum absolute atomic E-state index is 12.6. The number of likely N-dealkylation sites (N-methyl/N-ethyl adjacent to an activating group) is 1. The summed E-state index contributed by atoms with van der Waals surface area (Å²) in [4.78, 5) is 17.0. The van der Waals surface area contributed by atoms with Gasteiger partial charge >= 0.3 is 0 Å². The van der Waals surface area contributed by atoms with Crippen LogP contribution in [0.4, 0.5) is 0 Å². The minimum absolute atomic E-state index is 0.174. The zero-order chi connectivity index (χ0) is 13.3. The van der Waals surface area contributed by atoms with Crippen LogP contribution in [0.15, 0.2) is 0 Å². The summed E-state index contributed by atoms with van der Waals surface area (Å²) in [6, 6.07) is 0.519. The van der Waals surface area contributed by atoms with Crippen molar-refractivity contribution < 1.29 is 4.79 Å². The molecule has 1 amide bonds. The summed E-state index contributed by atoms with van der Waals surface area (Å²) in [5.74, 6) is 0.396. The highest BCUT2D eigenvalue weighted by atomic mass is 16.2. The van der Waals surface area contributed by atoms with Crippen molar-refractivity contribution in [3.05, 3.63) is 0 Å². The lowest BCUT2D eigenvalue weighted by Gasteiger charge is -2.39. The summed E-state index contributed by atoms with van der Waals surface area (Å²) in [7, 11) is 2.14. The first-order chi connectivity index (χ1) is 8.50. The average molecular weight is 253 g/mol. The molecule has 4 heteroatoms. The topological polar surface area (TPSA) is 49.6 Å². The van der Waals surface area contributed by atoms with Gasteiger partial charge in [0, 0.05) is 18.6 Å². The Kier molecular flexibility index (Phi) is 4.28. The molecule has 2 aliphatic rings. The predicted molar refractivity (Wildman–Crippen MR) is 73.2 cm³/mol. The zero-order valence-electron chi connectivity index (χ0n) is 11.9. The van der Waals surface area contributed by atoms with E-state index in [0.29, 0.717) is 12.1 Å². The minimum atomic E-state index is -0.335. The van der Waals surface area contributed by atoms with E-state index in [4.69, 9.17) is 5.73 Å². The average Bonchev–Trinajstić information content (AvgIpc) is 3.12. The van der Waals surface area contributed by atoms with E-state index in [1.165, 1.54) is 6.42 Å². The van der Waals surface area contributed by atoms with Gasteiger partial charge in [-0.1, -0.05) is 13.8 Å². The van der Waals surface area contributed by atoms with Gasteiger partial charge in [-0.25, -0.2) is 0 Å². The molecule has 0 aromatic carbocycles. The number of carbonyl (C=O) groups is 1. The van der Waals surface area contributed by atoms with Crippen molar-refractivity contribution in [2.75, 3.05) is 20.1 Å². The highest BCUT2D eigenvalue weighted by Gasteiger charge is 2.40. The van der Waals surface area contributed by atoms with Crippen LogP contribution in [0, 0.1) is 5.92 Å². The van der Waals surface area contributed by atoms with E-state index in [2.05, 4.69) is 16.8 Å². The van der Waals surface area contributed by atoms with E-state index in [-0.39, 0.29) is 17.9 Å². The van der Waals surface area contributed by atoms with E-state index >= 15 is 0 Å². The van der Waals surface area contributed by atoms with E-state index in [1.807, 2.05) is 13.8 Å². The molecule has 1 aliphatic carbocycles. The van der Waals surface area contributed by atoms with Crippen LogP contribution >= 0.6 is 0 Å². The summed E-state index contributed by atoms with van der Waals surface area (Å²) in [6.45, 7) is 6.22.